The zero-order valence-electron chi connectivity index (χ0n) is 6.59. The number of amides is 1. The van der Waals surface area contributed by atoms with Gasteiger partial charge in [-0.3, -0.25) is 9.59 Å². The van der Waals surface area contributed by atoms with Crippen LogP contribution < -0.4 is 5.32 Å². The van der Waals surface area contributed by atoms with Gasteiger partial charge in [0.25, 0.3) is 0 Å². The summed E-state index contributed by atoms with van der Waals surface area (Å²) >= 11 is 1.25. The predicted molar refractivity (Wildman–Crippen MR) is 44.3 cm³/mol. The fourth-order valence-electron chi connectivity index (χ4n) is 1.12. The molecule has 0 aromatic rings. The summed E-state index contributed by atoms with van der Waals surface area (Å²) in [6.07, 6.45) is 0.478. The van der Waals surface area contributed by atoms with Crippen molar-refractivity contribution in [2.45, 2.75) is 31.6 Å². The van der Waals surface area contributed by atoms with E-state index in [4.69, 9.17) is 0 Å². The Morgan fingerprint density at radius 2 is 2.36 bits per heavy atom. The van der Waals surface area contributed by atoms with Gasteiger partial charge in [-0.2, -0.15) is 0 Å². The molecule has 2 atom stereocenters. The van der Waals surface area contributed by atoms with Gasteiger partial charge in [-0.15, -0.1) is 0 Å². The zero-order valence-corrected chi connectivity index (χ0v) is 7.40. The molecule has 0 spiro atoms. The first-order valence-electron chi connectivity index (χ1n) is 3.56. The fraction of sp³-hybridized carbons (Fsp3) is 0.714. The lowest BCUT2D eigenvalue weighted by Crippen LogP contribution is -2.26. The first kappa shape index (κ1) is 8.59. The van der Waals surface area contributed by atoms with Crippen LogP contribution in [0.2, 0.25) is 0 Å². The van der Waals surface area contributed by atoms with Crippen molar-refractivity contribution in [1.82, 2.24) is 5.32 Å². The monoisotopic (exact) mass is 173 g/mol. The SMILES string of the molecule is CC(=O)S[C@H]1CC(=O)N[C@@H]1C. The zero-order chi connectivity index (χ0) is 8.43. The van der Waals surface area contributed by atoms with Crippen LogP contribution in [0.15, 0.2) is 0 Å². The maximum atomic E-state index is 10.8. The Labute approximate surface area is 69.9 Å². The summed E-state index contributed by atoms with van der Waals surface area (Å²) in [4.78, 5) is 21.5. The molecule has 0 aromatic carbocycles. The van der Waals surface area contributed by atoms with E-state index in [-0.39, 0.29) is 22.3 Å². The molecule has 1 fully saturated rings. The van der Waals surface area contributed by atoms with E-state index in [1.807, 2.05) is 6.92 Å². The molecule has 1 saturated heterocycles. The highest BCUT2D eigenvalue weighted by molar-refractivity contribution is 8.14. The second-order valence-electron chi connectivity index (χ2n) is 2.71. The van der Waals surface area contributed by atoms with Gasteiger partial charge in [-0.25, -0.2) is 0 Å². The summed E-state index contributed by atoms with van der Waals surface area (Å²) in [5, 5.41) is 2.98. The van der Waals surface area contributed by atoms with E-state index in [2.05, 4.69) is 5.32 Å². The van der Waals surface area contributed by atoms with Gasteiger partial charge < -0.3 is 5.32 Å². The Morgan fingerprint density at radius 1 is 1.73 bits per heavy atom. The summed E-state index contributed by atoms with van der Waals surface area (Å²) in [7, 11) is 0. The topological polar surface area (TPSA) is 46.2 Å². The summed E-state index contributed by atoms with van der Waals surface area (Å²) < 4.78 is 0. The normalized spacial score (nSPS) is 30.2. The Balaban J connectivity index is 2.46. The standard InChI is InChI=1S/C7H11NO2S/c1-4-6(11-5(2)9)3-7(10)8-4/h4,6H,3H2,1-2H3,(H,8,10)/t4-,6+/m1/s1. The quantitative estimate of drug-likeness (QED) is 0.629. The van der Waals surface area contributed by atoms with Gasteiger partial charge in [0.1, 0.15) is 0 Å². The van der Waals surface area contributed by atoms with Crippen LogP contribution in [0.1, 0.15) is 20.3 Å². The Hall–Kier alpha value is -0.510. The van der Waals surface area contributed by atoms with E-state index >= 15 is 0 Å². The third kappa shape index (κ3) is 2.22. The van der Waals surface area contributed by atoms with Crippen molar-refractivity contribution in [3.8, 4) is 0 Å². The number of rotatable bonds is 1. The first-order valence-corrected chi connectivity index (χ1v) is 4.44. The van der Waals surface area contributed by atoms with E-state index in [1.165, 1.54) is 18.7 Å². The van der Waals surface area contributed by atoms with E-state index in [0.717, 1.165) is 0 Å². The molecular formula is C7H11NO2S. The highest BCUT2D eigenvalue weighted by Crippen LogP contribution is 2.23. The maximum Gasteiger partial charge on any atom is 0.221 e. The van der Waals surface area contributed by atoms with Gasteiger partial charge in [-0.1, -0.05) is 11.8 Å². The Kier molecular flexibility index (Phi) is 2.54. The van der Waals surface area contributed by atoms with Crippen molar-refractivity contribution in [3.63, 3.8) is 0 Å². The second kappa shape index (κ2) is 3.26. The lowest BCUT2D eigenvalue weighted by Gasteiger charge is -2.10. The maximum absolute atomic E-state index is 10.8. The minimum absolute atomic E-state index is 0.0521. The van der Waals surface area contributed by atoms with Crippen LogP contribution in [0, 0.1) is 0 Å². The molecule has 1 aliphatic rings. The minimum atomic E-state index is 0.0521. The molecule has 1 heterocycles. The van der Waals surface area contributed by atoms with Gasteiger partial charge in [-0.05, 0) is 6.92 Å². The summed E-state index contributed by atoms with van der Waals surface area (Å²) in [6.45, 7) is 3.45. The number of hydrogen-bond acceptors (Lipinski definition) is 3. The molecule has 0 saturated carbocycles. The highest BCUT2D eigenvalue weighted by atomic mass is 32.2. The molecule has 0 aliphatic carbocycles. The number of carbonyl (C=O) groups is 2. The molecule has 0 radical (unpaired) electrons. The van der Waals surface area contributed by atoms with Crippen LogP contribution in [-0.2, 0) is 9.59 Å². The van der Waals surface area contributed by atoms with Crippen LogP contribution >= 0.6 is 11.8 Å². The molecule has 3 nitrogen and oxygen atoms in total. The smallest absolute Gasteiger partial charge is 0.221 e. The molecule has 1 amide bonds. The van der Waals surface area contributed by atoms with E-state index in [1.54, 1.807) is 0 Å². The largest absolute Gasteiger partial charge is 0.352 e. The molecule has 1 rings (SSSR count). The van der Waals surface area contributed by atoms with Gasteiger partial charge in [0, 0.05) is 24.6 Å². The van der Waals surface area contributed by atoms with Crippen molar-refractivity contribution < 1.29 is 9.59 Å². The lowest BCUT2D eigenvalue weighted by molar-refractivity contribution is -0.119. The van der Waals surface area contributed by atoms with E-state index < -0.39 is 0 Å². The summed E-state index contributed by atoms with van der Waals surface area (Å²) in [6, 6.07) is 0.136. The molecular weight excluding hydrogens is 162 g/mol. The van der Waals surface area contributed by atoms with Crippen molar-refractivity contribution in [2.75, 3.05) is 0 Å². The van der Waals surface area contributed by atoms with Crippen LogP contribution in [0.3, 0.4) is 0 Å². The number of thioether (sulfide) groups is 1. The second-order valence-corrected chi connectivity index (χ2v) is 4.12. The van der Waals surface area contributed by atoms with Gasteiger partial charge in [0.2, 0.25) is 5.91 Å². The molecule has 0 aromatic heterocycles. The number of hydrogen-bond donors (Lipinski definition) is 1. The molecule has 11 heavy (non-hydrogen) atoms. The summed E-state index contributed by atoms with van der Waals surface area (Å²) in [5.74, 6) is 0.0521. The Morgan fingerprint density at radius 3 is 2.73 bits per heavy atom. The first-order chi connectivity index (χ1) is 5.09. The molecule has 4 heteroatoms. The minimum Gasteiger partial charge on any atom is -0.352 e. The van der Waals surface area contributed by atoms with E-state index in [0.29, 0.717) is 6.42 Å². The van der Waals surface area contributed by atoms with Crippen LogP contribution in [0.25, 0.3) is 0 Å². The van der Waals surface area contributed by atoms with Crippen LogP contribution in [0.5, 0.6) is 0 Å². The molecule has 1 N–H and O–H groups in total. The Bertz CT molecular complexity index is 193. The molecule has 0 unspecified atom stereocenters. The predicted octanol–water partition coefficient (Wildman–Crippen LogP) is 0.543. The third-order valence-corrected chi connectivity index (χ3v) is 2.86. The van der Waals surface area contributed by atoms with Crippen LogP contribution in [0.4, 0.5) is 0 Å². The van der Waals surface area contributed by atoms with E-state index in [9.17, 15) is 9.59 Å². The fourth-order valence-corrected chi connectivity index (χ4v) is 2.06. The number of carbonyl (C=O) groups excluding carboxylic acids is 2. The van der Waals surface area contributed by atoms with Crippen molar-refractivity contribution in [1.29, 1.82) is 0 Å². The lowest BCUT2D eigenvalue weighted by atomic mass is 10.2. The highest BCUT2D eigenvalue weighted by Gasteiger charge is 2.30. The van der Waals surface area contributed by atoms with Crippen molar-refractivity contribution in [2.24, 2.45) is 0 Å². The molecule has 1 aliphatic heterocycles. The third-order valence-electron chi connectivity index (χ3n) is 1.65. The van der Waals surface area contributed by atoms with Crippen molar-refractivity contribution >= 4 is 22.8 Å². The van der Waals surface area contributed by atoms with Crippen molar-refractivity contribution in [3.05, 3.63) is 0 Å². The number of nitrogens with one attached hydrogen (secondary N) is 1. The average molecular weight is 173 g/mol. The molecule has 0 bridgehead atoms. The average Bonchev–Trinajstić information content (AvgIpc) is 2.09. The summed E-state index contributed by atoms with van der Waals surface area (Å²) in [5.41, 5.74) is 0. The van der Waals surface area contributed by atoms with Gasteiger partial charge in [0.05, 0.1) is 0 Å². The van der Waals surface area contributed by atoms with Crippen LogP contribution in [-0.4, -0.2) is 22.3 Å². The van der Waals surface area contributed by atoms with Gasteiger partial charge in [0.15, 0.2) is 5.12 Å². The van der Waals surface area contributed by atoms with Gasteiger partial charge >= 0.3 is 0 Å². The molecule has 62 valence electrons.